The highest BCUT2D eigenvalue weighted by atomic mass is 19.0. The molecule has 0 unspecified atom stereocenters. The van der Waals surface area contributed by atoms with Gasteiger partial charge in [-0.3, -0.25) is 37.6 Å². The van der Waals surface area contributed by atoms with Gasteiger partial charge in [0.25, 0.3) is 0 Å². The van der Waals surface area contributed by atoms with Crippen LogP contribution in [0.5, 0.6) is 0 Å². The minimum atomic E-state index is 0. The summed E-state index contributed by atoms with van der Waals surface area (Å²) in [7, 11) is 0. The molecule has 0 rings (SSSR count). The van der Waals surface area contributed by atoms with E-state index in [2.05, 4.69) is 111 Å². The Morgan fingerprint density at radius 2 is 0.156 bits per heavy atom. The van der Waals surface area contributed by atoms with Crippen LogP contribution in [0.1, 0.15) is 162 Å². The van der Waals surface area contributed by atoms with Crippen LogP contribution in [0.2, 0.25) is 0 Å². The third kappa shape index (κ3) is 75900. The van der Waals surface area contributed by atoms with E-state index in [-0.39, 0.29) is 37.6 Å². The highest BCUT2D eigenvalue weighted by Crippen LogP contribution is 1.58. The lowest BCUT2D eigenvalue weighted by atomic mass is 10.6. The summed E-state index contributed by atoms with van der Waals surface area (Å²) in [6.45, 7) is 34.0. The Kier molecular flexibility index (Phi) is 1820. The molecule has 0 aliphatic rings. The molecule has 0 aromatic heterocycles. The Balaban J connectivity index is -0.00000000631. The minimum absolute atomic E-state index is 0. The molecule has 0 radical (unpaired) electrons. The Labute approximate surface area is 200 Å². The molecule has 224 valence electrons. The van der Waals surface area contributed by atoms with Crippen LogP contribution in [-0.4, -0.2) is 0 Å². The van der Waals surface area contributed by atoms with E-state index in [1.165, 1.54) is 51.4 Å². The van der Waals surface area contributed by atoms with Gasteiger partial charge in [0.05, 0.1) is 0 Å². The van der Waals surface area contributed by atoms with Crippen molar-refractivity contribution in [1.82, 2.24) is 0 Å². The maximum absolute atomic E-state index is 2.12. The maximum Gasteiger partial charge on any atom is -0.0590 e. The zero-order valence-corrected chi connectivity index (χ0v) is 24.9. The van der Waals surface area contributed by atoms with E-state index in [1.807, 2.05) is 0 Å². The van der Waals surface area contributed by atoms with Gasteiger partial charge in [-0.25, -0.2) is 0 Å². The smallest absolute Gasteiger partial charge is 0.0590 e. The summed E-state index contributed by atoms with van der Waals surface area (Å²) in [6.07, 6.45) is 10.0. The van der Waals surface area contributed by atoms with Gasteiger partial charge in [0, 0.05) is 0 Å². The van der Waals surface area contributed by atoms with Gasteiger partial charge in [-0.2, -0.15) is 0 Å². The van der Waals surface area contributed by atoms with Crippen molar-refractivity contribution in [2.75, 3.05) is 0 Å². The zero-order chi connectivity index (χ0) is 21.7. The van der Waals surface area contributed by atoms with Gasteiger partial charge in [-0.15, -0.1) is 0 Å². The monoisotopic (exact) mass is 513 g/mol. The normalized spacial score (nSPS) is 4.50. The minimum Gasteiger partial charge on any atom is -0.269 e. The topological polar surface area (TPSA) is 0 Å². The summed E-state index contributed by atoms with van der Waals surface area (Å²) < 4.78 is 0. The van der Waals surface area contributed by atoms with Crippen molar-refractivity contribution in [3.8, 4) is 0 Å². The average Bonchev–Trinajstić information content (AvgIpc) is 2.45. The highest BCUT2D eigenvalue weighted by molar-refractivity contribution is 3.94. The van der Waals surface area contributed by atoms with Gasteiger partial charge < -0.3 is 0 Å². The summed E-state index contributed by atoms with van der Waals surface area (Å²) in [6, 6.07) is 0. The molecule has 0 N–H and O–H groups in total. The second-order valence-corrected chi connectivity index (χ2v) is 5.66. The van der Waals surface area contributed by atoms with Gasteiger partial charge in [-0.05, 0) is 0 Å². The molecule has 0 aromatic rings. The molecule has 0 aliphatic heterocycles. The van der Waals surface area contributed by atoms with Crippen LogP contribution in [0, 0.1) is 0 Å². The molecule has 0 fully saturated rings. The first-order valence-corrected chi connectivity index (χ1v) is 11.3. The van der Waals surface area contributed by atoms with Crippen molar-refractivity contribution in [2.45, 2.75) is 162 Å². The molecule has 0 saturated carbocycles. The van der Waals surface area contributed by atoms with E-state index < -0.39 is 0 Å². The molecule has 0 aromatic carbocycles. The molecule has 0 nitrogen and oxygen atoms in total. The van der Waals surface area contributed by atoms with Crippen LogP contribution in [0.15, 0.2) is 0 Å². The van der Waals surface area contributed by atoms with E-state index in [9.17, 15) is 0 Å². The number of hydrogen-bond acceptors (Lipinski definition) is 0. The summed E-state index contributed by atoms with van der Waals surface area (Å²) in [5.41, 5.74) is 0. The molecule has 0 heterocycles. The molecule has 0 bridgehead atoms. The van der Waals surface area contributed by atoms with Crippen molar-refractivity contribution >= 4 is 0 Å². The molecule has 0 spiro atoms. The molecular weight excluding hydrogens is 440 g/mol. The predicted octanol–water partition coefficient (Wildman–Crippen LogP) is 12.6. The first kappa shape index (κ1) is 122. The zero-order valence-electron chi connectivity index (χ0n) is 24.9. The number of rotatable bonds is 0. The molecule has 0 aliphatic carbocycles. The van der Waals surface area contributed by atoms with Crippen LogP contribution >= 0.6 is 0 Å². The molecular formula is C24H72F8. The van der Waals surface area contributed by atoms with Gasteiger partial charge >= 0.3 is 0 Å². The SMILES string of the molecule is CCC.CCC.CCC.CCC.CCC.CCC.CCC.CCC.F.F.F.F.F.F.F.F. The third-order valence-electron chi connectivity index (χ3n) is 0. The summed E-state index contributed by atoms with van der Waals surface area (Å²) >= 11 is 0. The van der Waals surface area contributed by atoms with Crippen LogP contribution in [0.25, 0.3) is 0 Å². The van der Waals surface area contributed by atoms with Crippen molar-refractivity contribution in [3.63, 3.8) is 0 Å². The molecule has 0 amide bonds. The third-order valence-corrected chi connectivity index (χ3v) is 0. The van der Waals surface area contributed by atoms with Crippen LogP contribution < -0.4 is 0 Å². The first-order valence-electron chi connectivity index (χ1n) is 11.3. The van der Waals surface area contributed by atoms with E-state index in [4.69, 9.17) is 0 Å². The van der Waals surface area contributed by atoms with Crippen molar-refractivity contribution < 1.29 is 37.6 Å². The molecule has 0 atom stereocenters. The maximum atomic E-state index is 2.12. The van der Waals surface area contributed by atoms with Gasteiger partial charge in [0.1, 0.15) is 0 Å². The summed E-state index contributed by atoms with van der Waals surface area (Å²) in [5.74, 6) is 0. The van der Waals surface area contributed by atoms with Gasteiger partial charge in [0.2, 0.25) is 0 Å². The second kappa shape index (κ2) is 477. The average molecular weight is 513 g/mol. The second-order valence-electron chi connectivity index (χ2n) is 5.66. The van der Waals surface area contributed by atoms with Crippen molar-refractivity contribution in [1.29, 1.82) is 0 Å². The fraction of sp³-hybridized carbons (Fsp3) is 1.00. The molecule has 0 saturated heterocycles. The van der Waals surface area contributed by atoms with Gasteiger partial charge in [0.15, 0.2) is 0 Å². The summed E-state index contributed by atoms with van der Waals surface area (Å²) in [5, 5.41) is 0. The lowest BCUT2D eigenvalue weighted by molar-refractivity contribution is 1.09. The van der Waals surface area contributed by atoms with E-state index >= 15 is 0 Å². The van der Waals surface area contributed by atoms with E-state index in [0.717, 1.165) is 0 Å². The van der Waals surface area contributed by atoms with Crippen molar-refractivity contribution in [2.24, 2.45) is 0 Å². The Bertz CT molecular complexity index is 50.0. The Morgan fingerprint density at radius 1 is 0.156 bits per heavy atom. The van der Waals surface area contributed by atoms with Crippen LogP contribution in [0.3, 0.4) is 0 Å². The Hall–Kier alpha value is -0.560. The largest absolute Gasteiger partial charge is 0.269 e. The Morgan fingerprint density at radius 3 is 0.156 bits per heavy atom. The highest BCUT2D eigenvalue weighted by Gasteiger charge is 1.37. The van der Waals surface area contributed by atoms with Crippen LogP contribution in [0.4, 0.5) is 37.6 Å². The van der Waals surface area contributed by atoms with Crippen LogP contribution in [-0.2, 0) is 0 Å². The standard InChI is InChI=1S/8C3H8.8FH/c8*1-3-2;;;;;;;;/h8*3H2,1-2H3;8*1H. The fourth-order valence-electron chi connectivity index (χ4n) is 0. The number of hydrogen-bond donors (Lipinski definition) is 0. The number of halogens is 8. The van der Waals surface area contributed by atoms with Crippen molar-refractivity contribution in [3.05, 3.63) is 0 Å². The molecule has 8 heteroatoms. The first-order chi connectivity index (χ1) is 11.3. The van der Waals surface area contributed by atoms with E-state index in [1.54, 1.807) is 0 Å². The lowest BCUT2D eigenvalue weighted by Crippen LogP contribution is -1.27. The quantitative estimate of drug-likeness (QED) is 0.283. The van der Waals surface area contributed by atoms with Gasteiger partial charge in [-0.1, -0.05) is 162 Å². The fourth-order valence-corrected chi connectivity index (χ4v) is 0. The summed E-state index contributed by atoms with van der Waals surface area (Å²) in [4.78, 5) is 0. The predicted molar refractivity (Wildman–Crippen MR) is 148 cm³/mol. The lowest BCUT2D eigenvalue weighted by Gasteiger charge is -1.48. The molecule has 32 heavy (non-hydrogen) atoms. The van der Waals surface area contributed by atoms with E-state index in [0.29, 0.717) is 0 Å².